The Hall–Kier alpha value is -0.500. The predicted octanol–water partition coefficient (Wildman–Crippen LogP) is 4.74. The van der Waals surface area contributed by atoms with E-state index in [1.165, 1.54) is 36.2 Å². The number of rotatable bonds is 4. The van der Waals surface area contributed by atoms with Crippen molar-refractivity contribution in [3.8, 4) is 0 Å². The summed E-state index contributed by atoms with van der Waals surface area (Å²) in [7, 11) is 0. The van der Waals surface area contributed by atoms with Crippen LogP contribution < -0.4 is 0 Å². The van der Waals surface area contributed by atoms with Crippen molar-refractivity contribution in [1.29, 1.82) is 0 Å². The van der Waals surface area contributed by atoms with Crippen molar-refractivity contribution in [2.45, 2.75) is 71.7 Å². The molecule has 2 atom stereocenters. The fourth-order valence-corrected chi connectivity index (χ4v) is 4.08. The van der Waals surface area contributed by atoms with Gasteiger partial charge in [0.25, 0.3) is 0 Å². The molecule has 0 amide bonds. The highest BCUT2D eigenvalue weighted by atomic mass is 35.5. The molecule has 1 heterocycles. The van der Waals surface area contributed by atoms with Crippen LogP contribution in [0.4, 0.5) is 0 Å². The van der Waals surface area contributed by atoms with Crippen LogP contribution in [0.3, 0.4) is 0 Å². The number of aromatic nitrogens is 2. The molecule has 2 nitrogen and oxygen atoms in total. The summed E-state index contributed by atoms with van der Waals surface area (Å²) >= 11 is 6.15. The van der Waals surface area contributed by atoms with Crippen LogP contribution in [0.5, 0.6) is 0 Å². The quantitative estimate of drug-likeness (QED) is 0.729. The van der Waals surface area contributed by atoms with E-state index in [1.807, 2.05) is 0 Å². The Labute approximate surface area is 122 Å². The van der Waals surface area contributed by atoms with Crippen LogP contribution >= 0.6 is 11.6 Å². The van der Waals surface area contributed by atoms with Gasteiger partial charge in [-0.25, -0.2) is 0 Å². The molecule has 1 fully saturated rings. The Balaban J connectivity index is 2.35. The molecule has 2 unspecified atom stereocenters. The highest BCUT2D eigenvalue weighted by Gasteiger charge is 2.28. The highest BCUT2D eigenvalue weighted by molar-refractivity contribution is 6.17. The average Bonchev–Trinajstić information content (AvgIpc) is 2.74. The summed E-state index contributed by atoms with van der Waals surface area (Å²) in [6.45, 7) is 9.15. The van der Waals surface area contributed by atoms with Gasteiger partial charge >= 0.3 is 0 Å². The Morgan fingerprint density at radius 2 is 1.74 bits per heavy atom. The molecule has 0 aliphatic heterocycles. The number of hydrogen-bond acceptors (Lipinski definition) is 1. The molecule has 1 aromatic heterocycles. The number of halogens is 1. The first-order valence-electron chi connectivity index (χ1n) is 7.75. The van der Waals surface area contributed by atoms with E-state index in [0.29, 0.717) is 11.9 Å². The van der Waals surface area contributed by atoms with Crippen molar-refractivity contribution >= 4 is 11.6 Å². The molecule has 1 aromatic rings. The highest BCUT2D eigenvalue weighted by Crippen LogP contribution is 2.37. The lowest BCUT2D eigenvalue weighted by Gasteiger charge is -2.32. The van der Waals surface area contributed by atoms with Gasteiger partial charge in [0.2, 0.25) is 0 Å². The second-order valence-electron chi connectivity index (χ2n) is 6.23. The maximum Gasteiger partial charge on any atom is 0.0669 e. The third-order valence-corrected chi connectivity index (χ3v) is 4.77. The van der Waals surface area contributed by atoms with Gasteiger partial charge in [0.1, 0.15) is 0 Å². The molecule has 19 heavy (non-hydrogen) atoms. The first-order valence-corrected chi connectivity index (χ1v) is 8.29. The zero-order chi connectivity index (χ0) is 14.0. The zero-order valence-electron chi connectivity index (χ0n) is 12.7. The number of aryl methyl sites for hydroxylation is 1. The van der Waals surface area contributed by atoms with Crippen molar-refractivity contribution in [1.82, 2.24) is 9.78 Å². The van der Waals surface area contributed by atoms with E-state index in [0.717, 1.165) is 24.7 Å². The number of alkyl halides is 1. The monoisotopic (exact) mass is 282 g/mol. The molecule has 0 spiro atoms. The van der Waals surface area contributed by atoms with Gasteiger partial charge < -0.3 is 0 Å². The molecule has 0 saturated heterocycles. The first kappa shape index (κ1) is 14.9. The summed E-state index contributed by atoms with van der Waals surface area (Å²) in [6, 6.07) is 0.580. The fourth-order valence-electron chi connectivity index (χ4n) is 3.78. The maximum absolute atomic E-state index is 6.15. The molecular weight excluding hydrogens is 256 g/mol. The van der Waals surface area contributed by atoms with Crippen molar-refractivity contribution in [2.24, 2.45) is 11.8 Å². The standard InChI is InChI=1S/C16H27ClN2/c1-5-15-14(10-17)16(6-2)19(18-15)13-8-11(3)7-12(4)9-13/h11-13H,5-10H2,1-4H3. The lowest BCUT2D eigenvalue weighted by Crippen LogP contribution is -2.24. The molecule has 0 radical (unpaired) electrons. The topological polar surface area (TPSA) is 17.8 Å². The molecule has 0 bridgehead atoms. The molecule has 2 rings (SSSR count). The van der Waals surface area contributed by atoms with Crippen LogP contribution in [0.25, 0.3) is 0 Å². The van der Waals surface area contributed by atoms with Crippen LogP contribution in [-0.2, 0) is 18.7 Å². The van der Waals surface area contributed by atoms with Crippen LogP contribution in [0, 0.1) is 11.8 Å². The van der Waals surface area contributed by atoms with E-state index in [2.05, 4.69) is 32.4 Å². The van der Waals surface area contributed by atoms with Gasteiger partial charge in [-0.2, -0.15) is 5.10 Å². The minimum absolute atomic E-state index is 0.580. The summed E-state index contributed by atoms with van der Waals surface area (Å²) in [6.07, 6.45) is 5.92. The fraction of sp³-hybridized carbons (Fsp3) is 0.812. The second kappa shape index (κ2) is 6.30. The average molecular weight is 283 g/mol. The number of hydrogen-bond donors (Lipinski definition) is 0. The van der Waals surface area contributed by atoms with E-state index in [9.17, 15) is 0 Å². The van der Waals surface area contributed by atoms with Crippen molar-refractivity contribution < 1.29 is 0 Å². The van der Waals surface area contributed by atoms with E-state index in [1.54, 1.807) is 0 Å². The Kier molecular flexibility index (Phi) is 4.94. The predicted molar refractivity (Wildman–Crippen MR) is 81.8 cm³/mol. The third-order valence-electron chi connectivity index (χ3n) is 4.50. The van der Waals surface area contributed by atoms with Gasteiger partial charge in [-0.1, -0.05) is 27.7 Å². The van der Waals surface area contributed by atoms with E-state index in [-0.39, 0.29) is 0 Å². The summed E-state index contributed by atoms with van der Waals surface area (Å²) in [5.41, 5.74) is 3.87. The SMILES string of the molecule is CCc1nn(C2CC(C)CC(C)C2)c(CC)c1CCl. The summed E-state index contributed by atoms with van der Waals surface area (Å²) in [5.74, 6) is 2.23. The van der Waals surface area contributed by atoms with Crippen LogP contribution in [-0.4, -0.2) is 9.78 Å². The Morgan fingerprint density at radius 1 is 1.11 bits per heavy atom. The lowest BCUT2D eigenvalue weighted by atomic mass is 9.80. The van der Waals surface area contributed by atoms with E-state index >= 15 is 0 Å². The van der Waals surface area contributed by atoms with Crippen molar-refractivity contribution in [2.75, 3.05) is 0 Å². The van der Waals surface area contributed by atoms with Gasteiger partial charge in [0.15, 0.2) is 0 Å². The van der Waals surface area contributed by atoms with Crippen LogP contribution in [0.1, 0.15) is 70.0 Å². The third kappa shape index (κ3) is 2.99. The molecule has 1 saturated carbocycles. The molecule has 108 valence electrons. The smallest absolute Gasteiger partial charge is 0.0669 e. The van der Waals surface area contributed by atoms with E-state index in [4.69, 9.17) is 16.7 Å². The number of nitrogens with zero attached hydrogens (tertiary/aromatic N) is 2. The van der Waals surface area contributed by atoms with Crippen LogP contribution in [0.2, 0.25) is 0 Å². The summed E-state index contributed by atoms with van der Waals surface area (Å²) < 4.78 is 2.32. The molecule has 1 aliphatic carbocycles. The van der Waals surface area contributed by atoms with Gasteiger partial charge in [0.05, 0.1) is 17.6 Å². The second-order valence-corrected chi connectivity index (χ2v) is 6.50. The van der Waals surface area contributed by atoms with Gasteiger partial charge in [-0.15, -0.1) is 11.6 Å². The molecule has 1 aliphatic rings. The normalized spacial score (nSPS) is 27.7. The van der Waals surface area contributed by atoms with Crippen molar-refractivity contribution in [3.05, 3.63) is 17.0 Å². The first-order chi connectivity index (χ1) is 9.10. The lowest BCUT2D eigenvalue weighted by molar-refractivity contribution is 0.206. The molecule has 3 heteroatoms. The van der Waals surface area contributed by atoms with Gasteiger partial charge in [-0.3, -0.25) is 4.68 Å². The Bertz CT molecular complexity index is 415. The minimum Gasteiger partial charge on any atom is -0.266 e. The molecule has 0 aromatic carbocycles. The zero-order valence-corrected chi connectivity index (χ0v) is 13.5. The Morgan fingerprint density at radius 3 is 2.21 bits per heavy atom. The summed E-state index contributed by atoms with van der Waals surface area (Å²) in [5, 5.41) is 4.90. The maximum atomic E-state index is 6.15. The van der Waals surface area contributed by atoms with Gasteiger partial charge in [0, 0.05) is 11.3 Å². The van der Waals surface area contributed by atoms with E-state index < -0.39 is 0 Å². The minimum atomic E-state index is 0.580. The molecule has 0 N–H and O–H groups in total. The van der Waals surface area contributed by atoms with Crippen molar-refractivity contribution in [3.63, 3.8) is 0 Å². The summed E-state index contributed by atoms with van der Waals surface area (Å²) in [4.78, 5) is 0. The van der Waals surface area contributed by atoms with Crippen LogP contribution in [0.15, 0.2) is 0 Å². The van der Waals surface area contributed by atoms with Gasteiger partial charge in [-0.05, 0) is 43.9 Å². The molecular formula is C16H27ClN2. The largest absolute Gasteiger partial charge is 0.266 e.